The molecule has 0 saturated carbocycles. The van der Waals surface area contributed by atoms with Gasteiger partial charge in [0.2, 0.25) is 0 Å². The summed E-state index contributed by atoms with van der Waals surface area (Å²) in [7, 11) is 1.62. The standard InChI is InChI=1S/C23H22ClN3O5/c1-3-26-8-9-31-22-12-23(28)25(2)14-19(22)18-11-17(27(29)30)5-7-21(18)32-20-6-4-16(24)10-15(20)13-26/h4-7,10-12,14H,3,8-9,13H2,1-2H3. The first-order valence-electron chi connectivity index (χ1n) is 10.2. The first kappa shape index (κ1) is 21.9. The number of pyridine rings is 1. The summed E-state index contributed by atoms with van der Waals surface area (Å²) in [5.74, 6) is 1.37. The molecule has 2 heterocycles. The van der Waals surface area contributed by atoms with Crippen molar-refractivity contribution in [3.05, 3.63) is 79.7 Å². The summed E-state index contributed by atoms with van der Waals surface area (Å²) in [6.07, 6.45) is 1.61. The van der Waals surface area contributed by atoms with Crippen LogP contribution in [-0.4, -0.2) is 34.1 Å². The van der Waals surface area contributed by atoms with Gasteiger partial charge in [-0.1, -0.05) is 18.5 Å². The van der Waals surface area contributed by atoms with Gasteiger partial charge in [-0.3, -0.25) is 19.8 Å². The first-order chi connectivity index (χ1) is 15.4. The van der Waals surface area contributed by atoms with Crippen molar-refractivity contribution in [1.29, 1.82) is 0 Å². The predicted octanol–water partition coefficient (Wildman–Crippen LogP) is 4.62. The van der Waals surface area contributed by atoms with Crippen LogP contribution in [0.4, 0.5) is 5.69 Å². The molecule has 9 heteroatoms. The molecule has 3 aromatic rings. The van der Waals surface area contributed by atoms with Crippen molar-refractivity contribution < 1.29 is 14.4 Å². The van der Waals surface area contributed by atoms with Crippen LogP contribution >= 0.6 is 11.6 Å². The Morgan fingerprint density at radius 1 is 1.09 bits per heavy atom. The van der Waals surface area contributed by atoms with E-state index in [1.807, 2.05) is 6.07 Å². The molecule has 0 N–H and O–H groups in total. The Kier molecular flexibility index (Phi) is 6.16. The minimum absolute atomic E-state index is 0.0901. The van der Waals surface area contributed by atoms with Gasteiger partial charge in [-0.15, -0.1) is 0 Å². The number of ether oxygens (including phenoxy) is 2. The summed E-state index contributed by atoms with van der Waals surface area (Å²) >= 11 is 6.24. The Hall–Kier alpha value is -3.36. The predicted molar refractivity (Wildman–Crippen MR) is 122 cm³/mol. The quantitative estimate of drug-likeness (QED) is 0.414. The van der Waals surface area contributed by atoms with Crippen LogP contribution in [0, 0.1) is 10.1 Å². The largest absolute Gasteiger partial charge is 0.491 e. The molecule has 0 unspecified atom stereocenters. The molecule has 0 amide bonds. The maximum atomic E-state index is 12.3. The molecule has 0 bridgehead atoms. The molecule has 0 spiro atoms. The highest BCUT2D eigenvalue weighted by molar-refractivity contribution is 6.30. The van der Waals surface area contributed by atoms with Gasteiger partial charge in [-0.05, 0) is 30.8 Å². The molecule has 0 fully saturated rings. The molecule has 2 aromatic carbocycles. The van der Waals surface area contributed by atoms with Crippen LogP contribution in [0.5, 0.6) is 17.2 Å². The van der Waals surface area contributed by atoms with Crippen molar-refractivity contribution in [3.63, 3.8) is 0 Å². The summed E-state index contributed by atoms with van der Waals surface area (Å²) in [4.78, 5) is 25.5. The molecule has 0 saturated heterocycles. The van der Waals surface area contributed by atoms with Gasteiger partial charge in [0.15, 0.2) is 0 Å². The maximum Gasteiger partial charge on any atom is 0.270 e. The second-order valence-corrected chi connectivity index (χ2v) is 7.95. The Balaban J connectivity index is 1.95. The number of non-ortho nitro benzene ring substituents is 1. The fourth-order valence-corrected chi connectivity index (χ4v) is 3.82. The van der Waals surface area contributed by atoms with Gasteiger partial charge in [0.05, 0.1) is 4.92 Å². The molecule has 0 aliphatic carbocycles. The minimum Gasteiger partial charge on any atom is -0.491 e. The van der Waals surface area contributed by atoms with Gasteiger partial charge in [0.1, 0.15) is 23.9 Å². The Bertz CT molecular complexity index is 1240. The smallest absolute Gasteiger partial charge is 0.270 e. The maximum absolute atomic E-state index is 12.3. The van der Waals surface area contributed by atoms with Gasteiger partial charge in [-0.2, -0.15) is 0 Å². The highest BCUT2D eigenvalue weighted by Crippen LogP contribution is 2.41. The Labute approximate surface area is 189 Å². The fourth-order valence-electron chi connectivity index (χ4n) is 3.63. The number of nitrogens with zero attached hydrogens (tertiary/aromatic N) is 3. The van der Waals surface area contributed by atoms with Crippen LogP contribution in [0.2, 0.25) is 5.02 Å². The van der Waals surface area contributed by atoms with Crippen LogP contribution in [0.15, 0.2) is 53.5 Å². The van der Waals surface area contributed by atoms with Gasteiger partial charge in [-0.25, -0.2) is 0 Å². The minimum atomic E-state index is -0.467. The number of rotatable bonds is 2. The van der Waals surface area contributed by atoms with E-state index in [0.29, 0.717) is 53.1 Å². The summed E-state index contributed by atoms with van der Waals surface area (Å²) in [6, 6.07) is 11.2. The monoisotopic (exact) mass is 455 g/mol. The van der Waals surface area contributed by atoms with Crippen molar-refractivity contribution in [2.75, 3.05) is 19.7 Å². The summed E-state index contributed by atoms with van der Waals surface area (Å²) < 4.78 is 13.7. The third-order valence-electron chi connectivity index (χ3n) is 5.40. The average Bonchev–Trinajstić information content (AvgIpc) is 2.76. The van der Waals surface area contributed by atoms with Crippen molar-refractivity contribution in [2.45, 2.75) is 13.5 Å². The molecule has 4 rings (SSSR count). The summed E-state index contributed by atoms with van der Waals surface area (Å²) in [5.41, 5.74) is 1.55. The van der Waals surface area contributed by atoms with Crippen molar-refractivity contribution >= 4 is 17.3 Å². The molecule has 0 radical (unpaired) electrons. The highest BCUT2D eigenvalue weighted by Gasteiger charge is 2.21. The SMILES string of the molecule is CCN1CCOc2cc(=O)n(C)cc2-c2cc([N+](=O)[O-])ccc2Oc2ccc(Cl)cc2C1. The zero-order valence-corrected chi connectivity index (χ0v) is 18.5. The third kappa shape index (κ3) is 4.46. The number of aryl methyl sites for hydroxylation is 1. The highest BCUT2D eigenvalue weighted by atomic mass is 35.5. The zero-order valence-electron chi connectivity index (χ0n) is 17.7. The van der Waals surface area contributed by atoms with E-state index in [-0.39, 0.29) is 11.2 Å². The number of nitro groups is 1. The third-order valence-corrected chi connectivity index (χ3v) is 5.64. The number of aromatic nitrogens is 1. The summed E-state index contributed by atoms with van der Waals surface area (Å²) in [5, 5.41) is 12.1. The lowest BCUT2D eigenvalue weighted by Gasteiger charge is -2.24. The molecular weight excluding hydrogens is 434 g/mol. The van der Waals surface area contributed by atoms with Gasteiger partial charge in [0.25, 0.3) is 11.2 Å². The average molecular weight is 456 g/mol. The second kappa shape index (κ2) is 9.02. The normalized spacial score (nSPS) is 14.0. The van der Waals surface area contributed by atoms with E-state index in [9.17, 15) is 14.9 Å². The Morgan fingerprint density at radius 2 is 1.88 bits per heavy atom. The van der Waals surface area contributed by atoms with Crippen LogP contribution in [0.3, 0.4) is 0 Å². The van der Waals surface area contributed by atoms with E-state index < -0.39 is 4.92 Å². The molecule has 1 aromatic heterocycles. The number of likely N-dealkylation sites (N-methyl/N-ethyl adjacent to an activating group) is 1. The number of hydrogen-bond donors (Lipinski definition) is 0. The van der Waals surface area contributed by atoms with Gasteiger partial charge >= 0.3 is 0 Å². The number of hydrogen-bond acceptors (Lipinski definition) is 6. The van der Waals surface area contributed by atoms with Crippen molar-refractivity contribution in [2.24, 2.45) is 7.05 Å². The van der Waals surface area contributed by atoms with Gasteiger partial charge < -0.3 is 14.0 Å². The zero-order chi connectivity index (χ0) is 22.8. The molecule has 8 nitrogen and oxygen atoms in total. The number of halogens is 1. The van der Waals surface area contributed by atoms with Crippen LogP contribution in [0.25, 0.3) is 11.1 Å². The van der Waals surface area contributed by atoms with Crippen LogP contribution in [0.1, 0.15) is 12.5 Å². The Morgan fingerprint density at radius 3 is 2.62 bits per heavy atom. The van der Waals surface area contributed by atoms with Crippen molar-refractivity contribution in [1.82, 2.24) is 9.47 Å². The van der Waals surface area contributed by atoms with E-state index in [2.05, 4.69) is 11.8 Å². The van der Waals surface area contributed by atoms with E-state index in [0.717, 1.165) is 12.1 Å². The van der Waals surface area contributed by atoms with Crippen LogP contribution < -0.4 is 15.0 Å². The molecule has 166 valence electrons. The molecule has 1 aliphatic rings. The van der Waals surface area contributed by atoms with E-state index in [1.54, 1.807) is 31.4 Å². The lowest BCUT2D eigenvalue weighted by molar-refractivity contribution is -0.384. The van der Waals surface area contributed by atoms with E-state index >= 15 is 0 Å². The molecule has 32 heavy (non-hydrogen) atoms. The first-order valence-corrected chi connectivity index (χ1v) is 10.5. The number of nitro benzene ring substituents is 1. The topological polar surface area (TPSA) is 86.8 Å². The lowest BCUT2D eigenvalue weighted by Crippen LogP contribution is -2.28. The number of benzene rings is 2. The second-order valence-electron chi connectivity index (χ2n) is 7.51. The van der Waals surface area contributed by atoms with E-state index in [4.69, 9.17) is 21.1 Å². The number of fused-ring (bicyclic) bond motifs is 4. The van der Waals surface area contributed by atoms with Gasteiger partial charge in [0, 0.05) is 66.2 Å². The summed E-state index contributed by atoms with van der Waals surface area (Å²) in [6.45, 7) is 4.37. The van der Waals surface area contributed by atoms with E-state index in [1.165, 1.54) is 22.8 Å². The molecule has 0 atom stereocenters. The molecular formula is C23H22ClN3O5. The lowest BCUT2D eigenvalue weighted by atomic mass is 10.0. The van der Waals surface area contributed by atoms with Crippen molar-refractivity contribution in [3.8, 4) is 28.4 Å². The molecule has 1 aliphatic heterocycles. The van der Waals surface area contributed by atoms with Crippen LogP contribution in [-0.2, 0) is 13.6 Å². The fraction of sp³-hybridized carbons (Fsp3) is 0.261.